The Morgan fingerprint density at radius 3 is 2.23 bits per heavy atom. The van der Waals surface area contributed by atoms with Crippen molar-refractivity contribution in [1.82, 2.24) is 0 Å². The molecule has 0 aliphatic heterocycles. The second kappa shape index (κ2) is 6.64. The summed E-state index contributed by atoms with van der Waals surface area (Å²) in [6.45, 7) is 20.5. The van der Waals surface area contributed by atoms with E-state index in [1.807, 2.05) is 5.57 Å². The van der Waals surface area contributed by atoms with Gasteiger partial charge in [0.2, 0.25) is 0 Å². The fraction of sp³-hybridized carbons (Fsp3) is 0.933. The van der Waals surface area contributed by atoms with E-state index in [1.165, 1.54) is 51.4 Å². The molecule has 1 heteroatoms. The smallest absolute Gasteiger partial charge is 0.0594 e. The predicted octanol–water partition coefficient (Wildman–Crippen LogP) is 8.02. The lowest BCUT2D eigenvalue weighted by molar-refractivity contribution is -0.203. The zero-order valence-corrected chi connectivity index (χ0v) is 21.9. The molecule has 0 bridgehead atoms. The van der Waals surface area contributed by atoms with Gasteiger partial charge in [-0.3, -0.25) is 0 Å². The van der Waals surface area contributed by atoms with E-state index in [2.05, 4.69) is 61.5 Å². The molecule has 0 amide bonds. The Bertz CT molecular complexity index is 779. The van der Waals surface area contributed by atoms with Crippen molar-refractivity contribution in [2.24, 2.45) is 56.7 Å². The highest BCUT2D eigenvalue weighted by Gasteiger charge is 2.67. The highest BCUT2D eigenvalue weighted by Crippen LogP contribution is 2.75. The van der Waals surface area contributed by atoms with Crippen molar-refractivity contribution in [3.63, 3.8) is 0 Å². The third-order valence-electron chi connectivity index (χ3n) is 13.4. The van der Waals surface area contributed by atoms with Crippen molar-refractivity contribution < 1.29 is 5.11 Å². The molecule has 0 aromatic carbocycles. The van der Waals surface area contributed by atoms with E-state index in [1.54, 1.807) is 0 Å². The predicted molar refractivity (Wildman–Crippen MR) is 131 cm³/mol. The molecule has 0 aromatic rings. The van der Waals surface area contributed by atoms with Crippen molar-refractivity contribution in [3.05, 3.63) is 11.6 Å². The Balaban J connectivity index is 1.59. The lowest BCUT2D eigenvalue weighted by atomic mass is 9.33. The van der Waals surface area contributed by atoms with Crippen LogP contribution in [0.2, 0.25) is 0 Å². The molecule has 10 atom stereocenters. The summed E-state index contributed by atoms with van der Waals surface area (Å²) in [6, 6.07) is 0. The second-order valence-electron chi connectivity index (χ2n) is 14.7. The van der Waals surface area contributed by atoms with E-state index in [0.29, 0.717) is 27.6 Å². The molecular weight excluding hydrogens is 376 g/mol. The Kier molecular flexibility index (Phi) is 4.82. The van der Waals surface area contributed by atoms with Gasteiger partial charge in [0.1, 0.15) is 0 Å². The molecule has 31 heavy (non-hydrogen) atoms. The van der Waals surface area contributed by atoms with Crippen LogP contribution in [-0.4, -0.2) is 11.2 Å². The van der Waals surface area contributed by atoms with Crippen LogP contribution in [0.4, 0.5) is 0 Å². The van der Waals surface area contributed by atoms with Crippen LogP contribution in [0.15, 0.2) is 11.6 Å². The van der Waals surface area contributed by atoms with E-state index in [-0.39, 0.29) is 11.5 Å². The molecule has 1 nitrogen and oxygen atoms in total. The quantitative estimate of drug-likeness (QED) is 0.389. The molecule has 0 radical (unpaired) electrons. The van der Waals surface area contributed by atoms with Gasteiger partial charge in [-0.2, -0.15) is 0 Å². The Morgan fingerprint density at radius 2 is 1.52 bits per heavy atom. The Labute approximate surface area is 192 Å². The van der Waals surface area contributed by atoms with Gasteiger partial charge in [0.25, 0.3) is 0 Å². The van der Waals surface area contributed by atoms with E-state index < -0.39 is 0 Å². The van der Waals surface area contributed by atoms with Gasteiger partial charge in [0, 0.05) is 0 Å². The van der Waals surface area contributed by atoms with Crippen molar-refractivity contribution in [3.8, 4) is 0 Å². The number of rotatable bonds is 0. The summed E-state index contributed by atoms with van der Waals surface area (Å²) in [5, 5.41) is 10.9. The molecule has 176 valence electrons. The zero-order chi connectivity index (χ0) is 22.6. The van der Waals surface area contributed by atoms with Gasteiger partial charge in [-0.1, -0.05) is 67.0 Å². The molecule has 5 aliphatic carbocycles. The van der Waals surface area contributed by atoms with Gasteiger partial charge < -0.3 is 5.11 Å². The van der Waals surface area contributed by atoms with Crippen LogP contribution >= 0.6 is 0 Å². The topological polar surface area (TPSA) is 20.2 Å². The Hall–Kier alpha value is -0.300. The van der Waals surface area contributed by atoms with Gasteiger partial charge in [0.05, 0.1) is 6.10 Å². The number of hydrogen-bond donors (Lipinski definition) is 1. The van der Waals surface area contributed by atoms with Gasteiger partial charge in [-0.05, 0) is 114 Å². The zero-order valence-electron chi connectivity index (χ0n) is 21.9. The van der Waals surface area contributed by atoms with Crippen LogP contribution in [-0.2, 0) is 0 Å². The van der Waals surface area contributed by atoms with Crippen molar-refractivity contribution in [2.45, 2.75) is 119 Å². The maximum Gasteiger partial charge on any atom is 0.0594 e. The average molecular weight is 427 g/mol. The van der Waals surface area contributed by atoms with Gasteiger partial charge in [0.15, 0.2) is 0 Å². The largest absolute Gasteiger partial charge is 0.393 e. The molecule has 0 saturated heterocycles. The van der Waals surface area contributed by atoms with Crippen molar-refractivity contribution >= 4 is 0 Å². The van der Waals surface area contributed by atoms with Gasteiger partial charge in [-0.25, -0.2) is 0 Å². The summed E-state index contributed by atoms with van der Waals surface area (Å²) < 4.78 is 0. The highest BCUT2D eigenvalue weighted by atomic mass is 16.3. The first-order chi connectivity index (χ1) is 14.3. The number of hydrogen-bond acceptors (Lipinski definition) is 1. The molecular formula is C30H50O. The summed E-state index contributed by atoms with van der Waals surface area (Å²) in [5.74, 6) is 3.90. The van der Waals surface area contributed by atoms with Crippen LogP contribution in [0, 0.1) is 56.7 Å². The average Bonchev–Trinajstić information content (AvgIpc) is 2.69. The summed E-state index contributed by atoms with van der Waals surface area (Å²) >= 11 is 0. The van der Waals surface area contributed by atoms with E-state index in [9.17, 15) is 5.11 Å². The molecule has 0 aromatic heterocycles. The molecule has 0 unspecified atom stereocenters. The minimum absolute atomic E-state index is 0.0533. The molecule has 4 fully saturated rings. The standard InChI is InChI=1S/C30H50O/c1-19-11-14-27(5)17-18-29(7)21(25(27)20(19)2)9-10-23-28(6)15-13-24(31)26(3,4)22(28)12-16-30(23,29)8/h9,19-20,22-25,31H,10-18H2,1-8H3/t19-,20+,22+,23+,24-,25-,27+,28+,29-,30-/m1/s1. The summed E-state index contributed by atoms with van der Waals surface area (Å²) in [7, 11) is 0. The number of fused-ring (bicyclic) bond motifs is 7. The van der Waals surface area contributed by atoms with Crippen LogP contribution in [0.25, 0.3) is 0 Å². The monoisotopic (exact) mass is 426 g/mol. The fourth-order valence-electron chi connectivity index (χ4n) is 10.8. The second-order valence-corrected chi connectivity index (χ2v) is 14.7. The number of allylic oxidation sites excluding steroid dienone is 2. The summed E-state index contributed by atoms with van der Waals surface area (Å²) in [6.07, 6.45) is 14.5. The van der Waals surface area contributed by atoms with Gasteiger partial charge >= 0.3 is 0 Å². The highest BCUT2D eigenvalue weighted by molar-refractivity contribution is 5.33. The number of aliphatic hydroxyl groups excluding tert-OH is 1. The third-order valence-corrected chi connectivity index (χ3v) is 13.4. The maximum absolute atomic E-state index is 10.9. The Morgan fingerprint density at radius 1 is 0.806 bits per heavy atom. The normalized spacial score (nSPS) is 58.3. The minimum atomic E-state index is -0.125. The number of aliphatic hydroxyl groups is 1. The molecule has 4 saturated carbocycles. The first-order valence-electron chi connectivity index (χ1n) is 13.7. The van der Waals surface area contributed by atoms with Crippen LogP contribution in [0.5, 0.6) is 0 Å². The third kappa shape index (κ3) is 2.65. The molecule has 1 N–H and O–H groups in total. The molecule has 5 aliphatic rings. The van der Waals surface area contributed by atoms with E-state index in [0.717, 1.165) is 30.1 Å². The van der Waals surface area contributed by atoms with Crippen LogP contribution in [0.3, 0.4) is 0 Å². The first kappa shape index (κ1) is 22.5. The minimum Gasteiger partial charge on any atom is -0.393 e. The molecule has 5 rings (SSSR count). The summed E-state index contributed by atoms with van der Waals surface area (Å²) in [5.41, 5.74) is 3.60. The van der Waals surface area contributed by atoms with Crippen LogP contribution < -0.4 is 0 Å². The lowest BCUT2D eigenvalue weighted by Crippen LogP contribution is -2.64. The van der Waals surface area contributed by atoms with Crippen molar-refractivity contribution in [1.29, 1.82) is 0 Å². The van der Waals surface area contributed by atoms with E-state index in [4.69, 9.17) is 0 Å². The SMILES string of the molecule is C[C@H]1[C@H](C)CC[C@@]2(C)CC[C@]3(C)C(=CC[C@H]4[C@@]5(C)CC[C@@H](O)C(C)(C)[C@@H]5CC[C@]43C)[C@@H]12. The first-order valence-corrected chi connectivity index (χ1v) is 13.7. The van der Waals surface area contributed by atoms with Crippen LogP contribution in [0.1, 0.15) is 113 Å². The van der Waals surface area contributed by atoms with E-state index >= 15 is 0 Å². The lowest BCUT2D eigenvalue weighted by Gasteiger charge is -2.71. The molecule has 0 spiro atoms. The van der Waals surface area contributed by atoms with Crippen molar-refractivity contribution in [2.75, 3.05) is 0 Å². The fourth-order valence-corrected chi connectivity index (χ4v) is 10.8. The maximum atomic E-state index is 10.9. The summed E-state index contributed by atoms with van der Waals surface area (Å²) in [4.78, 5) is 0. The molecule has 0 heterocycles. The van der Waals surface area contributed by atoms with Gasteiger partial charge in [-0.15, -0.1) is 0 Å².